The summed E-state index contributed by atoms with van der Waals surface area (Å²) in [5.41, 5.74) is 2.90. The van der Waals surface area contributed by atoms with E-state index in [-0.39, 0.29) is 5.41 Å². The molecule has 0 aromatic heterocycles. The Hall–Kier alpha value is -1.22. The number of benzene rings is 1. The molecule has 1 aliphatic heterocycles. The van der Waals surface area contributed by atoms with E-state index in [1.165, 1.54) is 11.1 Å². The Morgan fingerprint density at radius 1 is 1.11 bits per heavy atom. The summed E-state index contributed by atoms with van der Waals surface area (Å²) in [5.74, 6) is 1.64. The van der Waals surface area contributed by atoms with Crippen LogP contribution in [0.15, 0.2) is 12.1 Å². The maximum absolute atomic E-state index is 5.41. The third-order valence-electron chi connectivity index (χ3n) is 3.57. The Morgan fingerprint density at radius 3 is 2.28 bits per heavy atom. The van der Waals surface area contributed by atoms with Crippen LogP contribution in [0, 0.1) is 5.41 Å². The van der Waals surface area contributed by atoms with E-state index in [4.69, 9.17) is 9.47 Å². The van der Waals surface area contributed by atoms with Crippen molar-refractivity contribution in [1.29, 1.82) is 0 Å². The molecular formula is C15H23NO2. The maximum Gasteiger partial charge on any atom is 0.161 e. The van der Waals surface area contributed by atoms with Gasteiger partial charge in [0.25, 0.3) is 0 Å². The molecule has 1 N–H and O–H groups in total. The summed E-state index contributed by atoms with van der Waals surface area (Å²) in [6.07, 6.45) is 1.04. The first-order valence-corrected chi connectivity index (χ1v) is 6.45. The zero-order valence-corrected chi connectivity index (χ0v) is 12.0. The number of ether oxygens (including phenoxy) is 2. The third-order valence-corrected chi connectivity index (χ3v) is 3.57. The maximum atomic E-state index is 5.41. The first kappa shape index (κ1) is 13.2. The highest BCUT2D eigenvalue weighted by atomic mass is 16.5. The van der Waals surface area contributed by atoms with Crippen molar-refractivity contribution in [2.24, 2.45) is 5.41 Å². The van der Waals surface area contributed by atoms with Crippen molar-refractivity contribution in [3.8, 4) is 11.5 Å². The predicted octanol–water partition coefficient (Wildman–Crippen LogP) is 2.94. The van der Waals surface area contributed by atoms with Crippen molar-refractivity contribution < 1.29 is 9.47 Å². The Bertz CT molecular complexity index is 435. The van der Waals surface area contributed by atoms with Crippen LogP contribution in [0.25, 0.3) is 0 Å². The van der Waals surface area contributed by atoms with Gasteiger partial charge >= 0.3 is 0 Å². The van der Waals surface area contributed by atoms with E-state index in [0.717, 1.165) is 24.5 Å². The van der Waals surface area contributed by atoms with E-state index < -0.39 is 0 Å². The van der Waals surface area contributed by atoms with Crippen molar-refractivity contribution in [3.63, 3.8) is 0 Å². The highest BCUT2D eigenvalue weighted by Gasteiger charge is 2.31. The molecule has 1 atom stereocenters. The lowest BCUT2D eigenvalue weighted by atomic mass is 9.78. The van der Waals surface area contributed by atoms with Crippen molar-refractivity contribution in [1.82, 2.24) is 5.32 Å². The molecule has 0 radical (unpaired) electrons. The monoisotopic (exact) mass is 249 g/mol. The van der Waals surface area contributed by atoms with Gasteiger partial charge in [-0.15, -0.1) is 0 Å². The van der Waals surface area contributed by atoms with Crippen LogP contribution in [0.4, 0.5) is 0 Å². The molecule has 18 heavy (non-hydrogen) atoms. The average molecular weight is 249 g/mol. The fourth-order valence-electron chi connectivity index (χ4n) is 2.66. The van der Waals surface area contributed by atoms with Crippen molar-refractivity contribution in [2.45, 2.75) is 33.2 Å². The largest absolute Gasteiger partial charge is 0.493 e. The van der Waals surface area contributed by atoms with E-state index in [1.807, 2.05) is 0 Å². The molecule has 0 amide bonds. The molecule has 1 aliphatic rings. The molecule has 1 aromatic carbocycles. The minimum absolute atomic E-state index is 0.189. The summed E-state index contributed by atoms with van der Waals surface area (Å²) >= 11 is 0. The van der Waals surface area contributed by atoms with E-state index in [2.05, 4.69) is 38.2 Å². The Labute approximate surface area is 109 Å². The number of fused-ring (bicyclic) bond motifs is 1. The van der Waals surface area contributed by atoms with Crippen LogP contribution in [0.5, 0.6) is 11.5 Å². The third kappa shape index (κ3) is 2.32. The van der Waals surface area contributed by atoms with Crippen LogP contribution in [0.1, 0.15) is 37.9 Å². The van der Waals surface area contributed by atoms with Gasteiger partial charge in [0.1, 0.15) is 0 Å². The van der Waals surface area contributed by atoms with Crippen LogP contribution in [0.2, 0.25) is 0 Å². The molecule has 3 nitrogen and oxygen atoms in total. The summed E-state index contributed by atoms with van der Waals surface area (Å²) in [4.78, 5) is 0. The predicted molar refractivity (Wildman–Crippen MR) is 73.4 cm³/mol. The van der Waals surface area contributed by atoms with Gasteiger partial charge in [-0.2, -0.15) is 0 Å². The highest BCUT2D eigenvalue weighted by molar-refractivity contribution is 5.49. The topological polar surface area (TPSA) is 30.5 Å². The minimum Gasteiger partial charge on any atom is -0.493 e. The van der Waals surface area contributed by atoms with E-state index >= 15 is 0 Å². The number of nitrogens with one attached hydrogen (secondary N) is 1. The SMILES string of the molecule is COc1cc2c(cc1OC)[C@@H](C(C)(C)C)NCC2. The Morgan fingerprint density at radius 2 is 1.72 bits per heavy atom. The lowest BCUT2D eigenvalue weighted by molar-refractivity contribution is 0.261. The van der Waals surface area contributed by atoms with Crippen molar-refractivity contribution in [3.05, 3.63) is 23.3 Å². The highest BCUT2D eigenvalue weighted by Crippen LogP contribution is 2.41. The lowest BCUT2D eigenvalue weighted by Crippen LogP contribution is -2.37. The van der Waals surface area contributed by atoms with Gasteiger partial charge in [-0.3, -0.25) is 0 Å². The smallest absolute Gasteiger partial charge is 0.161 e. The molecule has 0 unspecified atom stereocenters. The Kier molecular flexibility index (Phi) is 3.53. The van der Waals surface area contributed by atoms with Crippen LogP contribution in [0.3, 0.4) is 0 Å². The first-order valence-electron chi connectivity index (χ1n) is 6.45. The standard InChI is InChI=1S/C15H23NO2/c1-15(2,3)14-11-9-13(18-5)12(17-4)8-10(11)6-7-16-14/h8-9,14,16H,6-7H2,1-5H3/t14-/m0/s1. The second-order valence-corrected chi connectivity index (χ2v) is 5.91. The molecule has 2 rings (SSSR count). The molecule has 3 heteroatoms. The number of hydrogen-bond acceptors (Lipinski definition) is 3. The van der Waals surface area contributed by atoms with Crippen LogP contribution >= 0.6 is 0 Å². The van der Waals surface area contributed by atoms with Crippen LogP contribution < -0.4 is 14.8 Å². The van der Waals surface area contributed by atoms with E-state index in [1.54, 1.807) is 14.2 Å². The summed E-state index contributed by atoms with van der Waals surface area (Å²) in [5, 5.41) is 3.61. The zero-order valence-electron chi connectivity index (χ0n) is 12.0. The Balaban J connectivity index is 2.50. The quantitative estimate of drug-likeness (QED) is 0.874. The molecule has 0 aliphatic carbocycles. The fourth-order valence-corrected chi connectivity index (χ4v) is 2.66. The lowest BCUT2D eigenvalue weighted by Gasteiger charge is -2.37. The van der Waals surface area contributed by atoms with Gasteiger partial charge in [0.15, 0.2) is 11.5 Å². The van der Waals surface area contributed by atoms with Crippen LogP contribution in [-0.2, 0) is 6.42 Å². The second kappa shape index (κ2) is 4.81. The number of methoxy groups -OCH3 is 2. The summed E-state index contributed by atoms with van der Waals surface area (Å²) in [6.45, 7) is 7.80. The van der Waals surface area contributed by atoms with Gasteiger partial charge < -0.3 is 14.8 Å². The number of rotatable bonds is 2. The molecule has 1 aromatic rings. The molecule has 100 valence electrons. The summed E-state index contributed by atoms with van der Waals surface area (Å²) in [7, 11) is 3.37. The molecule has 1 heterocycles. The van der Waals surface area contributed by atoms with Gasteiger partial charge in [-0.25, -0.2) is 0 Å². The first-order chi connectivity index (χ1) is 8.47. The molecule has 0 fully saturated rings. The molecule has 0 spiro atoms. The van der Waals surface area contributed by atoms with Gasteiger partial charge in [-0.05, 0) is 41.6 Å². The van der Waals surface area contributed by atoms with Crippen LogP contribution in [-0.4, -0.2) is 20.8 Å². The second-order valence-electron chi connectivity index (χ2n) is 5.91. The normalized spacial score (nSPS) is 19.3. The average Bonchev–Trinajstić information content (AvgIpc) is 2.35. The van der Waals surface area contributed by atoms with Crippen molar-refractivity contribution in [2.75, 3.05) is 20.8 Å². The van der Waals surface area contributed by atoms with Gasteiger partial charge in [0.2, 0.25) is 0 Å². The van der Waals surface area contributed by atoms with Gasteiger partial charge in [0, 0.05) is 6.04 Å². The van der Waals surface area contributed by atoms with Crippen molar-refractivity contribution >= 4 is 0 Å². The van der Waals surface area contributed by atoms with Gasteiger partial charge in [0.05, 0.1) is 14.2 Å². The zero-order chi connectivity index (χ0) is 13.3. The minimum atomic E-state index is 0.189. The van der Waals surface area contributed by atoms with Gasteiger partial charge in [-0.1, -0.05) is 20.8 Å². The summed E-state index contributed by atoms with van der Waals surface area (Å²) in [6, 6.07) is 4.60. The molecule has 0 bridgehead atoms. The number of hydrogen-bond donors (Lipinski definition) is 1. The molecule has 0 saturated carbocycles. The van der Waals surface area contributed by atoms with E-state index in [9.17, 15) is 0 Å². The fraction of sp³-hybridized carbons (Fsp3) is 0.600. The van der Waals surface area contributed by atoms with E-state index in [0.29, 0.717) is 6.04 Å². The summed E-state index contributed by atoms with van der Waals surface area (Å²) < 4.78 is 10.8. The molecule has 0 saturated heterocycles. The molecular weight excluding hydrogens is 226 g/mol.